The number of ether oxygens (including phenoxy) is 5. The first-order valence-corrected chi connectivity index (χ1v) is 13.2. The molecule has 1 N–H and O–H groups in total. The van der Waals surface area contributed by atoms with E-state index in [0.29, 0.717) is 18.7 Å². The molecule has 0 unspecified atom stereocenters. The van der Waals surface area contributed by atoms with Crippen LogP contribution in [0.5, 0.6) is 0 Å². The number of carbonyl (C=O) groups is 1. The fourth-order valence-corrected chi connectivity index (χ4v) is 5.51. The Bertz CT molecular complexity index is 1110. The molecule has 7 nitrogen and oxygen atoms in total. The van der Waals surface area contributed by atoms with Gasteiger partial charge in [-0.1, -0.05) is 36.4 Å². The lowest BCUT2D eigenvalue weighted by Gasteiger charge is -2.43. The summed E-state index contributed by atoms with van der Waals surface area (Å²) in [4.78, 5) is 13.8. The number of hydrogen-bond acceptors (Lipinski definition) is 6. The van der Waals surface area contributed by atoms with Crippen LogP contribution in [0.1, 0.15) is 50.7 Å². The predicted molar refractivity (Wildman–Crippen MR) is 134 cm³/mol. The highest BCUT2D eigenvalue weighted by molar-refractivity contribution is 5.85. The highest BCUT2D eigenvalue weighted by Gasteiger charge is 2.58. The van der Waals surface area contributed by atoms with Gasteiger partial charge in [0.1, 0.15) is 6.10 Å². The summed E-state index contributed by atoms with van der Waals surface area (Å²) in [6.45, 7) is 4.98. The van der Waals surface area contributed by atoms with Crippen LogP contribution >= 0.6 is 0 Å². The third-order valence-electron chi connectivity index (χ3n) is 7.38. The Morgan fingerprint density at radius 3 is 2.58 bits per heavy atom. The lowest BCUT2D eigenvalue weighted by Crippen LogP contribution is -2.60. The van der Waals surface area contributed by atoms with Crippen LogP contribution in [0.25, 0.3) is 0 Å². The van der Waals surface area contributed by atoms with Gasteiger partial charge in [-0.3, -0.25) is 4.79 Å². The van der Waals surface area contributed by atoms with Crippen LogP contribution in [0.3, 0.4) is 0 Å². The minimum absolute atomic E-state index is 0.0151. The van der Waals surface area contributed by atoms with E-state index in [1.54, 1.807) is 0 Å². The number of carbonyl (C=O) groups excluding carboxylic acids is 1. The minimum atomic E-state index is -1.25. The fourth-order valence-electron chi connectivity index (χ4n) is 5.51. The smallest absolute Gasteiger partial charge is 0.252 e. The molecule has 2 saturated heterocycles. The van der Waals surface area contributed by atoms with Gasteiger partial charge >= 0.3 is 0 Å². The molecule has 206 valence electrons. The highest BCUT2D eigenvalue weighted by Crippen LogP contribution is 2.44. The molecule has 3 aliphatic rings. The van der Waals surface area contributed by atoms with Crippen LogP contribution < -0.4 is 5.32 Å². The van der Waals surface area contributed by atoms with E-state index in [-0.39, 0.29) is 38.1 Å². The Balaban J connectivity index is 1.38. The molecule has 0 aromatic heterocycles. The summed E-state index contributed by atoms with van der Waals surface area (Å²) in [6.07, 6.45) is 0.846. The zero-order chi connectivity index (χ0) is 26.8. The first-order chi connectivity index (χ1) is 18.2. The second kappa shape index (κ2) is 11.4. The number of amides is 1. The Morgan fingerprint density at radius 1 is 1.03 bits per heavy atom. The molecule has 0 spiro atoms. The lowest BCUT2D eigenvalue weighted by molar-refractivity contribution is -0.183. The van der Waals surface area contributed by atoms with Gasteiger partial charge in [0, 0.05) is 26.0 Å². The molecule has 2 heterocycles. The average molecular weight is 532 g/mol. The van der Waals surface area contributed by atoms with E-state index in [0.717, 1.165) is 30.5 Å². The normalized spacial score (nSPS) is 30.2. The number of hydrogen-bond donors (Lipinski definition) is 1. The maximum Gasteiger partial charge on any atom is 0.252 e. The second-order valence-electron chi connectivity index (χ2n) is 10.8. The standard InChI is InChI=1S/C29H35F2NO6/c1-28(2)37-25-15-29(36-18-19-7-4-3-5-8-19,27(33)32-16-21-9-6-12-34-21)14-24(26(25)38-28)35-17-20-10-11-22(30)23(31)13-20/h3-5,7-8,10-11,13,21,24-26H,6,9,12,14-18H2,1-2H3,(H,32,33)/t21-,24-,25+,26-,29+/m0/s1. The van der Waals surface area contributed by atoms with Gasteiger partial charge in [-0.15, -0.1) is 0 Å². The third-order valence-corrected chi connectivity index (χ3v) is 7.38. The number of benzene rings is 2. The van der Waals surface area contributed by atoms with E-state index >= 15 is 0 Å². The van der Waals surface area contributed by atoms with Gasteiger partial charge in [-0.2, -0.15) is 0 Å². The number of halogens is 2. The van der Waals surface area contributed by atoms with Crippen molar-refractivity contribution in [3.05, 3.63) is 71.3 Å². The van der Waals surface area contributed by atoms with Crippen molar-refractivity contribution in [2.75, 3.05) is 13.2 Å². The Morgan fingerprint density at radius 2 is 1.84 bits per heavy atom. The zero-order valence-corrected chi connectivity index (χ0v) is 21.8. The van der Waals surface area contributed by atoms with E-state index in [9.17, 15) is 13.6 Å². The Kier molecular flexibility index (Phi) is 8.11. The largest absolute Gasteiger partial charge is 0.376 e. The van der Waals surface area contributed by atoms with E-state index in [4.69, 9.17) is 23.7 Å². The van der Waals surface area contributed by atoms with Gasteiger partial charge < -0.3 is 29.0 Å². The first-order valence-electron chi connectivity index (χ1n) is 13.2. The molecule has 1 saturated carbocycles. The van der Waals surface area contributed by atoms with Crippen LogP contribution in [0.4, 0.5) is 8.78 Å². The summed E-state index contributed by atoms with van der Waals surface area (Å²) < 4.78 is 58.0. The molecule has 5 rings (SSSR count). The van der Waals surface area contributed by atoms with E-state index in [2.05, 4.69) is 5.32 Å². The van der Waals surface area contributed by atoms with Crippen molar-refractivity contribution in [3.63, 3.8) is 0 Å². The molecule has 5 atom stereocenters. The molecule has 2 aromatic rings. The molecule has 2 aliphatic heterocycles. The molecule has 1 aliphatic carbocycles. The van der Waals surface area contributed by atoms with Gasteiger partial charge in [0.05, 0.1) is 31.5 Å². The maximum atomic E-state index is 13.8. The number of rotatable bonds is 9. The summed E-state index contributed by atoms with van der Waals surface area (Å²) >= 11 is 0. The Labute approximate surface area is 221 Å². The van der Waals surface area contributed by atoms with Crippen molar-refractivity contribution < 1.29 is 37.3 Å². The first kappa shape index (κ1) is 27.1. The zero-order valence-electron chi connectivity index (χ0n) is 21.8. The van der Waals surface area contributed by atoms with Crippen LogP contribution in [0, 0.1) is 11.6 Å². The van der Waals surface area contributed by atoms with E-state index in [1.165, 1.54) is 6.07 Å². The van der Waals surface area contributed by atoms with Crippen LogP contribution in [-0.2, 0) is 41.7 Å². The van der Waals surface area contributed by atoms with Gasteiger partial charge in [-0.25, -0.2) is 8.78 Å². The van der Waals surface area contributed by atoms with Crippen molar-refractivity contribution in [1.29, 1.82) is 0 Å². The van der Waals surface area contributed by atoms with E-state index < -0.39 is 41.3 Å². The van der Waals surface area contributed by atoms with Crippen molar-refractivity contribution >= 4 is 5.91 Å². The van der Waals surface area contributed by atoms with Crippen molar-refractivity contribution in [2.24, 2.45) is 0 Å². The SMILES string of the molecule is CC1(C)O[C@H]2[C@@H](OCc3ccc(F)c(F)c3)C[C@](OCc3ccccc3)(C(=O)NC[C@@H]3CCCO3)C[C@H]2O1. The molecule has 1 amide bonds. The van der Waals surface area contributed by atoms with Crippen LogP contribution in [0.2, 0.25) is 0 Å². The molecular formula is C29H35F2NO6. The summed E-state index contributed by atoms with van der Waals surface area (Å²) in [5.41, 5.74) is 0.157. The highest BCUT2D eigenvalue weighted by atomic mass is 19.2. The quantitative estimate of drug-likeness (QED) is 0.517. The summed E-state index contributed by atoms with van der Waals surface area (Å²) in [7, 11) is 0. The minimum Gasteiger partial charge on any atom is -0.376 e. The molecule has 0 radical (unpaired) electrons. The van der Waals surface area contributed by atoms with Gasteiger partial charge in [0.15, 0.2) is 23.0 Å². The molecule has 0 bridgehead atoms. The molecule has 2 aromatic carbocycles. The summed E-state index contributed by atoms with van der Waals surface area (Å²) in [6, 6.07) is 13.3. The van der Waals surface area contributed by atoms with Gasteiger partial charge in [0.25, 0.3) is 5.91 Å². The van der Waals surface area contributed by atoms with Crippen LogP contribution in [-0.4, -0.2) is 54.9 Å². The molecule has 38 heavy (non-hydrogen) atoms. The molecule has 9 heteroatoms. The summed E-state index contributed by atoms with van der Waals surface area (Å²) in [5, 5.41) is 3.05. The average Bonchev–Trinajstić information content (AvgIpc) is 3.53. The van der Waals surface area contributed by atoms with Crippen molar-refractivity contribution in [1.82, 2.24) is 5.32 Å². The third kappa shape index (κ3) is 6.24. The fraction of sp³-hybridized carbons (Fsp3) is 0.552. The van der Waals surface area contributed by atoms with Crippen molar-refractivity contribution in [2.45, 2.75) is 88.5 Å². The lowest BCUT2D eigenvalue weighted by atomic mass is 9.78. The number of nitrogens with one attached hydrogen (secondary N) is 1. The number of fused-ring (bicyclic) bond motifs is 1. The van der Waals surface area contributed by atoms with E-state index in [1.807, 2.05) is 44.2 Å². The maximum absolute atomic E-state index is 13.8. The van der Waals surface area contributed by atoms with Gasteiger partial charge in [0.2, 0.25) is 0 Å². The Hall–Kier alpha value is -2.43. The van der Waals surface area contributed by atoms with Crippen LogP contribution in [0.15, 0.2) is 48.5 Å². The van der Waals surface area contributed by atoms with Crippen molar-refractivity contribution in [3.8, 4) is 0 Å². The monoisotopic (exact) mass is 531 g/mol. The second-order valence-corrected chi connectivity index (χ2v) is 10.8. The molecular weight excluding hydrogens is 496 g/mol. The van der Waals surface area contributed by atoms with Gasteiger partial charge in [-0.05, 0) is 49.9 Å². The topological polar surface area (TPSA) is 75.3 Å². The molecule has 3 fully saturated rings. The summed E-state index contributed by atoms with van der Waals surface area (Å²) in [5.74, 6) is -2.99. The predicted octanol–water partition coefficient (Wildman–Crippen LogP) is 4.41.